The van der Waals surface area contributed by atoms with E-state index in [-0.39, 0.29) is 6.10 Å². The predicted molar refractivity (Wildman–Crippen MR) is 39.9 cm³/mol. The van der Waals surface area contributed by atoms with Gasteiger partial charge >= 0.3 is 6.16 Å². The fraction of sp³-hybridized carbons (Fsp3) is 0.375. The number of cyclic esters (lactones) is 2. The highest BCUT2D eigenvalue weighted by Gasteiger charge is 2.26. The Bertz CT molecular complexity index is 205. The highest BCUT2D eigenvalue weighted by molar-refractivity contribution is 5.64. The van der Waals surface area contributed by atoms with Gasteiger partial charge in [0.05, 0.1) is 0 Å². The summed E-state index contributed by atoms with van der Waals surface area (Å²) in [6.07, 6.45) is 3.33. The molecule has 0 radical (unpaired) electrons. The lowest BCUT2D eigenvalue weighted by Crippen LogP contribution is -2.00. The second kappa shape index (κ2) is 3.23. The molecule has 0 aromatic heterocycles. The van der Waals surface area contributed by atoms with E-state index in [4.69, 9.17) is 9.47 Å². The Morgan fingerprint density at radius 2 is 2.45 bits per heavy atom. The van der Waals surface area contributed by atoms with Gasteiger partial charge in [-0.25, -0.2) is 4.79 Å². The van der Waals surface area contributed by atoms with E-state index >= 15 is 0 Å². The summed E-state index contributed by atoms with van der Waals surface area (Å²) in [7, 11) is 0. The number of ether oxygens (including phenoxy) is 2. The quantitative estimate of drug-likeness (QED) is 0.450. The number of carbonyl (C=O) groups is 1. The molecule has 0 aliphatic carbocycles. The fourth-order valence-corrected chi connectivity index (χ4v) is 0.813. The molecular weight excluding hydrogens is 144 g/mol. The molecule has 0 spiro atoms. The first-order chi connectivity index (χ1) is 5.24. The van der Waals surface area contributed by atoms with Gasteiger partial charge < -0.3 is 9.47 Å². The Morgan fingerprint density at radius 3 is 2.91 bits per heavy atom. The molecule has 0 saturated carbocycles. The van der Waals surface area contributed by atoms with Gasteiger partial charge in [-0.2, -0.15) is 0 Å². The van der Waals surface area contributed by atoms with Gasteiger partial charge in [0.2, 0.25) is 0 Å². The monoisotopic (exact) mass is 154 g/mol. The van der Waals surface area contributed by atoms with Crippen molar-refractivity contribution in [3.05, 3.63) is 24.5 Å². The molecule has 0 N–H and O–H groups in total. The Balaban J connectivity index is 2.58. The molecule has 60 valence electrons. The molecule has 1 fully saturated rings. The molecule has 1 saturated heterocycles. The third kappa shape index (κ3) is 1.83. The zero-order valence-electron chi connectivity index (χ0n) is 6.37. The maximum atomic E-state index is 10.5. The molecule has 1 aliphatic heterocycles. The zero-order valence-corrected chi connectivity index (χ0v) is 6.37. The van der Waals surface area contributed by atoms with Crippen LogP contribution in [0, 0.1) is 0 Å². The van der Waals surface area contributed by atoms with E-state index in [1.165, 1.54) is 0 Å². The molecule has 1 rings (SSSR count). The summed E-state index contributed by atoms with van der Waals surface area (Å²) in [5.41, 5.74) is 0. The molecule has 3 heteroatoms. The topological polar surface area (TPSA) is 35.5 Å². The van der Waals surface area contributed by atoms with Crippen LogP contribution in [0.3, 0.4) is 0 Å². The highest BCUT2D eigenvalue weighted by Crippen LogP contribution is 2.18. The van der Waals surface area contributed by atoms with Crippen molar-refractivity contribution in [1.82, 2.24) is 0 Å². The first-order valence-corrected chi connectivity index (χ1v) is 3.43. The number of hydrogen-bond donors (Lipinski definition) is 0. The van der Waals surface area contributed by atoms with Crippen LogP contribution in [0.4, 0.5) is 4.79 Å². The van der Waals surface area contributed by atoms with Crippen molar-refractivity contribution < 1.29 is 14.3 Å². The van der Waals surface area contributed by atoms with Crippen molar-refractivity contribution in [2.75, 3.05) is 0 Å². The van der Waals surface area contributed by atoms with Crippen molar-refractivity contribution >= 4 is 6.16 Å². The summed E-state index contributed by atoms with van der Waals surface area (Å²) >= 11 is 0. The van der Waals surface area contributed by atoms with Crippen molar-refractivity contribution in [3.8, 4) is 0 Å². The van der Waals surface area contributed by atoms with Crippen LogP contribution in [0.2, 0.25) is 0 Å². The number of allylic oxidation sites excluding steroid dienone is 2. The smallest absolute Gasteiger partial charge is 0.423 e. The van der Waals surface area contributed by atoms with Gasteiger partial charge in [-0.15, -0.1) is 6.58 Å². The van der Waals surface area contributed by atoms with Gasteiger partial charge in [-0.3, -0.25) is 0 Å². The normalized spacial score (nSPS) is 26.5. The first-order valence-electron chi connectivity index (χ1n) is 3.43. The van der Waals surface area contributed by atoms with Crippen molar-refractivity contribution in [3.63, 3.8) is 0 Å². The lowest BCUT2D eigenvalue weighted by atomic mass is 10.3. The van der Waals surface area contributed by atoms with Gasteiger partial charge in [-0.1, -0.05) is 6.08 Å². The summed E-state index contributed by atoms with van der Waals surface area (Å²) in [5, 5.41) is 0. The largest absolute Gasteiger partial charge is 0.514 e. The summed E-state index contributed by atoms with van der Waals surface area (Å²) in [4.78, 5) is 10.5. The fourth-order valence-electron chi connectivity index (χ4n) is 0.813. The van der Waals surface area contributed by atoms with Gasteiger partial charge in [0.25, 0.3) is 0 Å². The predicted octanol–water partition coefficient (Wildman–Crippen LogP) is 2.00. The number of carbonyl (C=O) groups excluding carboxylic acids is 1. The molecule has 11 heavy (non-hydrogen) atoms. The maximum absolute atomic E-state index is 10.5. The van der Waals surface area contributed by atoms with Crippen molar-refractivity contribution in [2.24, 2.45) is 0 Å². The molecule has 0 amide bonds. The summed E-state index contributed by atoms with van der Waals surface area (Å²) < 4.78 is 9.43. The zero-order chi connectivity index (χ0) is 8.27. The molecule has 1 heterocycles. The first kappa shape index (κ1) is 7.85. The van der Waals surface area contributed by atoms with E-state index in [2.05, 4.69) is 6.58 Å². The Hall–Kier alpha value is -1.25. The van der Waals surface area contributed by atoms with Crippen LogP contribution in [-0.2, 0) is 9.47 Å². The minimum atomic E-state index is -0.618. The lowest BCUT2D eigenvalue weighted by molar-refractivity contribution is 0.122. The molecule has 0 aromatic rings. The van der Waals surface area contributed by atoms with Crippen LogP contribution in [0.1, 0.15) is 13.3 Å². The summed E-state index contributed by atoms with van der Waals surface area (Å²) in [6, 6.07) is 0. The van der Waals surface area contributed by atoms with Crippen LogP contribution in [0.25, 0.3) is 0 Å². The second-order valence-corrected chi connectivity index (χ2v) is 2.24. The Labute approximate surface area is 65.3 Å². The van der Waals surface area contributed by atoms with Crippen LogP contribution in [0.5, 0.6) is 0 Å². The number of rotatable bonds is 2. The minimum absolute atomic E-state index is 0.248. The summed E-state index contributed by atoms with van der Waals surface area (Å²) in [6.45, 7) is 5.30. The van der Waals surface area contributed by atoms with Crippen LogP contribution in [-0.4, -0.2) is 12.3 Å². The average molecular weight is 154 g/mol. The van der Waals surface area contributed by atoms with Crippen LogP contribution < -0.4 is 0 Å². The van der Waals surface area contributed by atoms with Gasteiger partial charge in [0.15, 0.2) is 6.10 Å². The van der Waals surface area contributed by atoms with Gasteiger partial charge in [0.1, 0.15) is 5.76 Å². The average Bonchev–Trinajstić information content (AvgIpc) is 2.26. The van der Waals surface area contributed by atoms with Gasteiger partial charge in [-0.05, 0) is 19.4 Å². The maximum Gasteiger partial charge on any atom is 0.514 e. The van der Waals surface area contributed by atoms with E-state index in [9.17, 15) is 4.79 Å². The summed E-state index contributed by atoms with van der Waals surface area (Å²) in [5.74, 6) is 0.579. The molecular formula is C8H10O3. The standard InChI is InChI=1S/C8H10O3/c1-3-4-5-7-6(2)10-8(9)11-7/h3,5-6H,1,4H2,2H3/b7-5+. The molecule has 1 unspecified atom stereocenters. The van der Waals surface area contributed by atoms with E-state index in [1.54, 1.807) is 19.1 Å². The Morgan fingerprint density at radius 1 is 1.73 bits per heavy atom. The molecule has 0 bridgehead atoms. The third-order valence-corrected chi connectivity index (χ3v) is 1.36. The van der Waals surface area contributed by atoms with Crippen LogP contribution >= 0.6 is 0 Å². The molecule has 1 atom stereocenters. The van der Waals surface area contributed by atoms with E-state index in [0.717, 1.165) is 0 Å². The van der Waals surface area contributed by atoms with E-state index < -0.39 is 6.16 Å². The van der Waals surface area contributed by atoms with Crippen LogP contribution in [0.15, 0.2) is 24.5 Å². The Kier molecular flexibility index (Phi) is 2.31. The second-order valence-electron chi connectivity index (χ2n) is 2.24. The molecule has 3 nitrogen and oxygen atoms in total. The lowest BCUT2D eigenvalue weighted by Gasteiger charge is -1.96. The molecule has 0 aromatic carbocycles. The molecule has 1 aliphatic rings. The number of hydrogen-bond acceptors (Lipinski definition) is 3. The van der Waals surface area contributed by atoms with E-state index in [1.807, 2.05) is 0 Å². The van der Waals surface area contributed by atoms with Crippen molar-refractivity contribution in [1.29, 1.82) is 0 Å². The SMILES string of the molecule is C=CC/C=C1/OC(=O)OC1C. The minimum Gasteiger partial charge on any atom is -0.423 e. The van der Waals surface area contributed by atoms with E-state index in [0.29, 0.717) is 12.2 Å². The highest BCUT2D eigenvalue weighted by atomic mass is 16.8. The van der Waals surface area contributed by atoms with Gasteiger partial charge in [0, 0.05) is 0 Å². The van der Waals surface area contributed by atoms with Crippen molar-refractivity contribution in [2.45, 2.75) is 19.4 Å². The third-order valence-electron chi connectivity index (χ3n) is 1.36.